The molecular formula is C21H29N3O. The number of nitrogens with two attached hydrogens (primary N) is 2. The van der Waals surface area contributed by atoms with Crippen molar-refractivity contribution in [1.29, 1.82) is 0 Å². The second-order valence-electron chi connectivity index (χ2n) is 6.44. The van der Waals surface area contributed by atoms with Crippen molar-refractivity contribution in [2.45, 2.75) is 44.2 Å². The number of carbonyl (C=O) groups is 1. The van der Waals surface area contributed by atoms with E-state index in [4.69, 9.17) is 11.5 Å². The first kappa shape index (κ1) is 19.2. The van der Waals surface area contributed by atoms with Crippen LogP contribution in [-0.4, -0.2) is 24.5 Å². The Morgan fingerprint density at radius 3 is 1.76 bits per heavy atom. The predicted molar refractivity (Wildman–Crippen MR) is 103 cm³/mol. The Morgan fingerprint density at radius 2 is 1.32 bits per heavy atom. The highest BCUT2D eigenvalue weighted by molar-refractivity contribution is 5.81. The van der Waals surface area contributed by atoms with Crippen LogP contribution < -0.4 is 16.8 Å². The number of hydrogen-bond donors (Lipinski definition) is 3. The van der Waals surface area contributed by atoms with Gasteiger partial charge in [-0.1, -0.05) is 60.7 Å². The first-order valence-electron chi connectivity index (χ1n) is 9.03. The van der Waals surface area contributed by atoms with E-state index in [9.17, 15) is 4.79 Å². The molecule has 1 atom stereocenters. The van der Waals surface area contributed by atoms with Crippen molar-refractivity contribution in [2.75, 3.05) is 6.54 Å². The fourth-order valence-corrected chi connectivity index (χ4v) is 2.88. The van der Waals surface area contributed by atoms with Gasteiger partial charge in [0.15, 0.2) is 0 Å². The van der Waals surface area contributed by atoms with Gasteiger partial charge < -0.3 is 16.8 Å². The minimum atomic E-state index is -0.527. The minimum Gasteiger partial charge on any atom is -0.352 e. The lowest BCUT2D eigenvalue weighted by atomic mass is 9.98. The molecule has 0 bridgehead atoms. The molecule has 0 saturated heterocycles. The Morgan fingerprint density at radius 1 is 0.840 bits per heavy atom. The summed E-state index contributed by atoms with van der Waals surface area (Å²) in [6, 6.07) is 20.3. The van der Waals surface area contributed by atoms with Crippen molar-refractivity contribution in [1.82, 2.24) is 5.32 Å². The van der Waals surface area contributed by atoms with Crippen LogP contribution in [0.25, 0.3) is 0 Å². The van der Waals surface area contributed by atoms with Crippen molar-refractivity contribution in [3.8, 4) is 0 Å². The molecule has 2 aromatic carbocycles. The van der Waals surface area contributed by atoms with Crippen LogP contribution in [0.15, 0.2) is 60.7 Å². The molecule has 0 saturated carbocycles. The van der Waals surface area contributed by atoms with E-state index < -0.39 is 6.04 Å². The Hall–Kier alpha value is -2.17. The number of carbonyl (C=O) groups excluding carboxylic acids is 1. The maximum Gasteiger partial charge on any atom is 0.237 e. The SMILES string of the molecule is NCC[C@H](N)C(=O)NC(CCc1ccccc1)CCc1ccccc1. The molecular weight excluding hydrogens is 310 g/mol. The Kier molecular flexibility index (Phi) is 8.16. The summed E-state index contributed by atoms with van der Waals surface area (Å²) >= 11 is 0. The molecule has 0 aliphatic rings. The average Bonchev–Trinajstić information content (AvgIpc) is 2.65. The highest BCUT2D eigenvalue weighted by Crippen LogP contribution is 2.11. The molecule has 0 aromatic heterocycles. The summed E-state index contributed by atoms with van der Waals surface area (Å²) < 4.78 is 0. The molecule has 25 heavy (non-hydrogen) atoms. The fourth-order valence-electron chi connectivity index (χ4n) is 2.88. The lowest BCUT2D eigenvalue weighted by molar-refractivity contribution is -0.123. The van der Waals surface area contributed by atoms with E-state index in [2.05, 4.69) is 29.6 Å². The molecule has 134 valence electrons. The zero-order valence-corrected chi connectivity index (χ0v) is 14.7. The van der Waals surface area contributed by atoms with Crippen molar-refractivity contribution in [2.24, 2.45) is 11.5 Å². The number of nitrogens with one attached hydrogen (secondary N) is 1. The molecule has 0 aliphatic carbocycles. The maximum absolute atomic E-state index is 12.3. The summed E-state index contributed by atoms with van der Waals surface area (Å²) in [5.41, 5.74) is 14.0. The van der Waals surface area contributed by atoms with Gasteiger partial charge in [0.25, 0.3) is 0 Å². The molecule has 0 unspecified atom stereocenters. The molecule has 2 rings (SSSR count). The van der Waals surface area contributed by atoms with Gasteiger partial charge in [-0.3, -0.25) is 4.79 Å². The van der Waals surface area contributed by atoms with Gasteiger partial charge in [-0.05, 0) is 49.8 Å². The molecule has 1 amide bonds. The molecule has 0 radical (unpaired) electrons. The molecule has 0 fully saturated rings. The van der Waals surface area contributed by atoms with E-state index in [1.165, 1.54) is 11.1 Å². The Balaban J connectivity index is 1.93. The number of aryl methyl sites for hydroxylation is 2. The van der Waals surface area contributed by atoms with Crippen LogP contribution in [0.5, 0.6) is 0 Å². The molecule has 0 spiro atoms. The summed E-state index contributed by atoms with van der Waals surface area (Å²) in [4.78, 5) is 12.3. The van der Waals surface area contributed by atoms with Crippen molar-refractivity contribution in [3.05, 3.63) is 71.8 Å². The molecule has 5 N–H and O–H groups in total. The van der Waals surface area contributed by atoms with Crippen LogP contribution in [0.4, 0.5) is 0 Å². The third kappa shape index (κ3) is 7.08. The van der Waals surface area contributed by atoms with Gasteiger partial charge in [-0.15, -0.1) is 0 Å². The van der Waals surface area contributed by atoms with Gasteiger partial charge in [0.05, 0.1) is 6.04 Å². The normalized spacial score (nSPS) is 12.1. The smallest absolute Gasteiger partial charge is 0.237 e. The molecule has 2 aromatic rings. The van der Waals surface area contributed by atoms with Crippen molar-refractivity contribution < 1.29 is 4.79 Å². The standard InChI is InChI=1S/C21H29N3O/c22-16-15-20(23)21(25)24-19(13-11-17-7-3-1-4-8-17)14-12-18-9-5-2-6-10-18/h1-10,19-20H,11-16,22-23H2,(H,24,25)/t20-/m0/s1. The van der Waals surface area contributed by atoms with Crippen LogP contribution in [0.1, 0.15) is 30.4 Å². The summed E-state index contributed by atoms with van der Waals surface area (Å²) in [5, 5.41) is 3.12. The van der Waals surface area contributed by atoms with Crippen molar-refractivity contribution >= 4 is 5.91 Å². The highest BCUT2D eigenvalue weighted by atomic mass is 16.2. The largest absolute Gasteiger partial charge is 0.352 e. The fraction of sp³-hybridized carbons (Fsp3) is 0.381. The zero-order chi connectivity index (χ0) is 17.9. The average molecular weight is 339 g/mol. The van der Waals surface area contributed by atoms with Gasteiger partial charge in [-0.2, -0.15) is 0 Å². The Bertz CT molecular complexity index is 572. The van der Waals surface area contributed by atoms with E-state index in [1.54, 1.807) is 0 Å². The monoisotopic (exact) mass is 339 g/mol. The van der Waals surface area contributed by atoms with Gasteiger partial charge in [0.2, 0.25) is 5.91 Å². The second kappa shape index (κ2) is 10.6. The van der Waals surface area contributed by atoms with Crippen LogP contribution in [0.2, 0.25) is 0 Å². The number of amides is 1. The van der Waals surface area contributed by atoms with Gasteiger partial charge >= 0.3 is 0 Å². The van der Waals surface area contributed by atoms with E-state index in [-0.39, 0.29) is 11.9 Å². The van der Waals surface area contributed by atoms with Gasteiger partial charge in [0, 0.05) is 6.04 Å². The van der Waals surface area contributed by atoms with E-state index in [0.29, 0.717) is 13.0 Å². The van der Waals surface area contributed by atoms with E-state index >= 15 is 0 Å². The zero-order valence-electron chi connectivity index (χ0n) is 14.7. The topological polar surface area (TPSA) is 81.1 Å². The van der Waals surface area contributed by atoms with Crippen LogP contribution in [-0.2, 0) is 17.6 Å². The summed E-state index contributed by atoms with van der Waals surface area (Å²) in [7, 11) is 0. The molecule has 4 nitrogen and oxygen atoms in total. The number of hydrogen-bond acceptors (Lipinski definition) is 3. The predicted octanol–water partition coefficient (Wildman–Crippen LogP) is 2.41. The van der Waals surface area contributed by atoms with Crippen LogP contribution >= 0.6 is 0 Å². The third-order valence-electron chi connectivity index (χ3n) is 4.41. The second-order valence-corrected chi connectivity index (χ2v) is 6.44. The summed E-state index contributed by atoms with van der Waals surface area (Å²) in [5.74, 6) is -0.100. The van der Waals surface area contributed by atoms with Gasteiger partial charge in [-0.25, -0.2) is 0 Å². The quantitative estimate of drug-likeness (QED) is 0.622. The molecule has 4 heteroatoms. The third-order valence-corrected chi connectivity index (χ3v) is 4.41. The first-order valence-corrected chi connectivity index (χ1v) is 9.03. The van der Waals surface area contributed by atoms with E-state index in [1.807, 2.05) is 36.4 Å². The first-order chi connectivity index (χ1) is 12.2. The highest BCUT2D eigenvalue weighted by Gasteiger charge is 2.17. The van der Waals surface area contributed by atoms with E-state index in [0.717, 1.165) is 25.7 Å². The Labute approximate surface area is 150 Å². The summed E-state index contributed by atoms with van der Waals surface area (Å²) in [6.07, 6.45) is 4.19. The van der Waals surface area contributed by atoms with Crippen molar-refractivity contribution in [3.63, 3.8) is 0 Å². The van der Waals surface area contributed by atoms with Crippen LogP contribution in [0.3, 0.4) is 0 Å². The number of rotatable bonds is 10. The molecule has 0 aliphatic heterocycles. The van der Waals surface area contributed by atoms with Gasteiger partial charge in [0.1, 0.15) is 0 Å². The maximum atomic E-state index is 12.3. The lowest BCUT2D eigenvalue weighted by Crippen LogP contribution is -2.46. The summed E-state index contributed by atoms with van der Waals surface area (Å²) in [6.45, 7) is 0.424. The minimum absolute atomic E-state index is 0.100. The number of benzene rings is 2. The molecule has 0 heterocycles. The lowest BCUT2D eigenvalue weighted by Gasteiger charge is -2.21. The van der Waals surface area contributed by atoms with Crippen LogP contribution in [0, 0.1) is 0 Å².